The Bertz CT molecular complexity index is 1060. The third-order valence-electron chi connectivity index (χ3n) is 4.18. The Morgan fingerprint density at radius 3 is 2.63 bits per heavy atom. The second-order valence-corrected chi connectivity index (χ2v) is 6.25. The van der Waals surface area contributed by atoms with Crippen LogP contribution < -0.4 is 16.3 Å². The fourth-order valence-electron chi connectivity index (χ4n) is 2.88. The lowest BCUT2D eigenvalue weighted by Crippen LogP contribution is -2.20. The van der Waals surface area contributed by atoms with E-state index in [-0.39, 0.29) is 12.5 Å². The molecule has 1 heterocycles. The molecule has 140 valence electrons. The number of halogens is 2. The molecule has 27 heavy (non-hydrogen) atoms. The van der Waals surface area contributed by atoms with Gasteiger partial charge in [-0.15, -0.1) is 0 Å². The molecule has 0 aliphatic heterocycles. The van der Waals surface area contributed by atoms with Crippen molar-refractivity contribution in [3.8, 4) is 0 Å². The molecular weight excluding hydrogens is 354 g/mol. The number of nitrogens with one attached hydrogen (secondary N) is 2. The third kappa shape index (κ3) is 4.38. The Balaban J connectivity index is 1.85. The topological polar surface area (TPSA) is 71.3 Å². The van der Waals surface area contributed by atoms with E-state index in [4.69, 9.17) is 4.42 Å². The first-order valence-electron chi connectivity index (χ1n) is 8.36. The van der Waals surface area contributed by atoms with Crippen LogP contribution in [0, 0.1) is 11.6 Å². The van der Waals surface area contributed by atoms with Crippen LogP contribution in [0.15, 0.2) is 51.7 Å². The first kappa shape index (κ1) is 18.7. The van der Waals surface area contributed by atoms with Crippen LogP contribution in [0.1, 0.15) is 31.0 Å². The van der Waals surface area contributed by atoms with Gasteiger partial charge in [0.2, 0.25) is 5.91 Å². The summed E-state index contributed by atoms with van der Waals surface area (Å²) in [7, 11) is 0. The van der Waals surface area contributed by atoms with Crippen LogP contribution in [0.2, 0.25) is 0 Å². The molecule has 5 nitrogen and oxygen atoms in total. The molecule has 2 N–H and O–H groups in total. The van der Waals surface area contributed by atoms with Gasteiger partial charge in [-0.05, 0) is 30.7 Å². The van der Waals surface area contributed by atoms with Crippen molar-refractivity contribution in [1.82, 2.24) is 5.32 Å². The number of amides is 1. The van der Waals surface area contributed by atoms with E-state index in [9.17, 15) is 18.4 Å². The maximum Gasteiger partial charge on any atom is 0.336 e. The highest BCUT2D eigenvalue weighted by molar-refractivity contribution is 5.92. The summed E-state index contributed by atoms with van der Waals surface area (Å²) in [4.78, 5) is 23.0. The third-order valence-corrected chi connectivity index (χ3v) is 4.18. The fourth-order valence-corrected chi connectivity index (χ4v) is 2.88. The number of fused-ring (bicyclic) bond motifs is 1. The zero-order valence-electron chi connectivity index (χ0n) is 14.8. The van der Waals surface area contributed by atoms with Crippen molar-refractivity contribution in [2.75, 3.05) is 5.32 Å². The standard InChI is InChI=1S/C20H18F2N2O3/c1-11(16-5-3-14(21)8-18(16)22)23-10-13-7-20(26)27-19-9-15(24-12(2)25)4-6-17(13)19/h3-9,11,23H,10H2,1-2H3,(H,24,25)/t11-/m0/s1. The minimum absolute atomic E-state index is 0.232. The molecule has 7 heteroatoms. The molecule has 0 unspecified atom stereocenters. The van der Waals surface area contributed by atoms with E-state index in [2.05, 4.69) is 10.6 Å². The van der Waals surface area contributed by atoms with E-state index in [1.165, 1.54) is 25.1 Å². The van der Waals surface area contributed by atoms with Crippen molar-refractivity contribution in [3.63, 3.8) is 0 Å². The average Bonchev–Trinajstić information content (AvgIpc) is 2.58. The van der Waals surface area contributed by atoms with Crippen molar-refractivity contribution in [1.29, 1.82) is 0 Å². The van der Waals surface area contributed by atoms with Crippen molar-refractivity contribution in [2.45, 2.75) is 26.4 Å². The van der Waals surface area contributed by atoms with Gasteiger partial charge in [0, 0.05) is 54.3 Å². The van der Waals surface area contributed by atoms with Crippen LogP contribution in [0.4, 0.5) is 14.5 Å². The summed E-state index contributed by atoms with van der Waals surface area (Å²) < 4.78 is 32.2. The summed E-state index contributed by atoms with van der Waals surface area (Å²) in [6, 6.07) is 9.41. The predicted molar refractivity (Wildman–Crippen MR) is 98.4 cm³/mol. The van der Waals surface area contributed by atoms with Gasteiger partial charge in [-0.25, -0.2) is 13.6 Å². The summed E-state index contributed by atoms with van der Waals surface area (Å²) >= 11 is 0. The number of hydrogen-bond donors (Lipinski definition) is 2. The monoisotopic (exact) mass is 372 g/mol. The van der Waals surface area contributed by atoms with Gasteiger partial charge in [-0.1, -0.05) is 6.07 Å². The summed E-state index contributed by atoms with van der Waals surface area (Å²) in [5.41, 5.74) is 1.33. The van der Waals surface area contributed by atoms with Crippen LogP contribution in [0.3, 0.4) is 0 Å². The van der Waals surface area contributed by atoms with Crippen LogP contribution in [-0.4, -0.2) is 5.91 Å². The zero-order valence-corrected chi connectivity index (χ0v) is 14.8. The minimum Gasteiger partial charge on any atom is -0.423 e. The normalized spacial score (nSPS) is 12.1. The van der Waals surface area contributed by atoms with Gasteiger partial charge in [0.15, 0.2) is 0 Å². The van der Waals surface area contributed by atoms with E-state index < -0.39 is 23.3 Å². The average molecular weight is 372 g/mol. The number of carbonyl (C=O) groups is 1. The quantitative estimate of drug-likeness (QED) is 0.667. The second kappa shape index (κ2) is 7.67. The lowest BCUT2D eigenvalue weighted by molar-refractivity contribution is -0.114. The SMILES string of the molecule is CC(=O)Nc1ccc2c(CN[C@@H](C)c3ccc(F)cc3F)cc(=O)oc2c1. The molecule has 3 aromatic rings. The zero-order chi connectivity index (χ0) is 19.6. The largest absolute Gasteiger partial charge is 0.423 e. The van der Waals surface area contributed by atoms with Gasteiger partial charge < -0.3 is 15.1 Å². The Hall–Kier alpha value is -3.06. The fraction of sp³-hybridized carbons (Fsp3) is 0.200. The summed E-state index contributed by atoms with van der Waals surface area (Å²) in [6.45, 7) is 3.41. The lowest BCUT2D eigenvalue weighted by atomic mass is 10.1. The molecule has 0 aliphatic rings. The number of hydrogen-bond acceptors (Lipinski definition) is 4. The van der Waals surface area contributed by atoms with Crippen LogP contribution in [0.25, 0.3) is 11.0 Å². The first-order chi connectivity index (χ1) is 12.8. The van der Waals surface area contributed by atoms with Crippen LogP contribution in [-0.2, 0) is 11.3 Å². The van der Waals surface area contributed by atoms with Gasteiger partial charge in [-0.3, -0.25) is 4.79 Å². The number of anilines is 1. The van der Waals surface area contributed by atoms with E-state index in [0.29, 0.717) is 27.8 Å². The van der Waals surface area contributed by atoms with E-state index in [1.807, 2.05) is 0 Å². The summed E-state index contributed by atoms with van der Waals surface area (Å²) in [6.07, 6.45) is 0. The molecule has 1 atom stereocenters. The predicted octanol–water partition coefficient (Wildman–Crippen LogP) is 3.88. The first-order valence-corrected chi connectivity index (χ1v) is 8.36. The number of benzene rings is 2. The summed E-state index contributed by atoms with van der Waals surface area (Å²) in [5, 5.41) is 6.46. The molecule has 0 saturated carbocycles. The molecular formula is C20H18F2N2O3. The molecule has 0 bridgehead atoms. The Morgan fingerprint density at radius 2 is 1.93 bits per heavy atom. The van der Waals surface area contributed by atoms with Crippen molar-refractivity contribution in [3.05, 3.63) is 75.6 Å². The van der Waals surface area contributed by atoms with E-state index in [0.717, 1.165) is 6.07 Å². The molecule has 3 rings (SSSR count). The molecule has 0 spiro atoms. The van der Waals surface area contributed by atoms with Crippen molar-refractivity contribution >= 4 is 22.6 Å². The van der Waals surface area contributed by atoms with Crippen LogP contribution >= 0.6 is 0 Å². The molecule has 0 radical (unpaired) electrons. The second-order valence-electron chi connectivity index (χ2n) is 6.25. The van der Waals surface area contributed by atoms with Gasteiger partial charge in [0.25, 0.3) is 0 Å². The number of rotatable bonds is 5. The molecule has 0 aliphatic carbocycles. The molecule has 2 aromatic carbocycles. The maximum absolute atomic E-state index is 13.9. The van der Waals surface area contributed by atoms with Crippen molar-refractivity contribution < 1.29 is 18.0 Å². The smallest absolute Gasteiger partial charge is 0.336 e. The van der Waals surface area contributed by atoms with Gasteiger partial charge >= 0.3 is 5.63 Å². The lowest BCUT2D eigenvalue weighted by Gasteiger charge is -2.16. The molecule has 0 saturated heterocycles. The molecule has 1 aromatic heterocycles. The van der Waals surface area contributed by atoms with Crippen molar-refractivity contribution in [2.24, 2.45) is 0 Å². The Labute approximate surface area is 154 Å². The maximum atomic E-state index is 13.9. The Morgan fingerprint density at radius 1 is 1.15 bits per heavy atom. The van der Waals surface area contributed by atoms with E-state index in [1.54, 1.807) is 25.1 Å². The van der Waals surface area contributed by atoms with E-state index >= 15 is 0 Å². The molecule has 1 amide bonds. The van der Waals surface area contributed by atoms with Gasteiger partial charge in [0.05, 0.1) is 0 Å². The highest BCUT2D eigenvalue weighted by Crippen LogP contribution is 2.23. The summed E-state index contributed by atoms with van der Waals surface area (Å²) in [5.74, 6) is -1.50. The van der Waals surface area contributed by atoms with Gasteiger partial charge in [-0.2, -0.15) is 0 Å². The Kier molecular flexibility index (Phi) is 5.32. The molecule has 0 fully saturated rings. The number of carbonyl (C=O) groups excluding carboxylic acids is 1. The van der Waals surface area contributed by atoms with Crippen LogP contribution in [0.5, 0.6) is 0 Å². The highest BCUT2D eigenvalue weighted by atomic mass is 19.1. The minimum atomic E-state index is -0.634. The highest BCUT2D eigenvalue weighted by Gasteiger charge is 2.13. The van der Waals surface area contributed by atoms with Gasteiger partial charge in [0.1, 0.15) is 17.2 Å².